The number of nitro benzene ring substituents is 1. The second-order valence-corrected chi connectivity index (χ2v) is 10.9. The van der Waals surface area contributed by atoms with Crippen molar-refractivity contribution < 1.29 is 28.8 Å². The number of nitro groups is 1. The molecule has 0 atom stereocenters. The third-order valence-corrected chi connectivity index (χ3v) is 7.75. The molecule has 1 aliphatic rings. The third-order valence-electron chi connectivity index (χ3n) is 7.75. The van der Waals surface area contributed by atoms with E-state index in [-0.39, 0.29) is 41.5 Å². The zero-order valence-electron chi connectivity index (χ0n) is 26.7. The van der Waals surface area contributed by atoms with E-state index in [1.54, 1.807) is 34.4 Å². The zero-order valence-corrected chi connectivity index (χ0v) is 26.7. The van der Waals surface area contributed by atoms with Crippen molar-refractivity contribution in [3.05, 3.63) is 75.1 Å². The van der Waals surface area contributed by atoms with Gasteiger partial charge < -0.3 is 35.7 Å². The zero-order chi connectivity index (χ0) is 34.5. The summed E-state index contributed by atoms with van der Waals surface area (Å²) in [5.74, 6) is -1.38. The molecule has 0 bridgehead atoms. The standard InChI is InChI=1S/C31H36N10O7/c1-4-40-24(13-18(2)37-40)30(44)36-31-35-21-14-19(28(32)42)17-25(47-3)27(21)39(31)8-6-5-7-34-26-22(38-9-11-48-12-10-38)15-20(29(33)43)16-23(26)41(45)46/h5-6,13-17,34H,4,7-12H2,1-3H3,(H2,32,42)(H2,33,43)(H,35,36,44)/b6-5+. The molecule has 0 spiro atoms. The SMILES string of the molecule is CCn1nc(C)cc1C(=O)Nc1nc2cc(C(N)=O)cc(OC)c2n1C/C=C/CNc1c(N2CCOCC2)cc(C(N)=O)cc1[N+](=O)[O-]. The van der Waals surface area contributed by atoms with Crippen LogP contribution in [0.3, 0.4) is 0 Å². The number of aryl methyl sites for hydroxylation is 2. The predicted molar refractivity (Wildman–Crippen MR) is 178 cm³/mol. The Morgan fingerprint density at radius 1 is 1.08 bits per heavy atom. The molecule has 0 aliphatic carbocycles. The number of amides is 3. The lowest BCUT2D eigenvalue weighted by Gasteiger charge is -2.30. The Balaban J connectivity index is 1.46. The van der Waals surface area contributed by atoms with Gasteiger partial charge in [0.15, 0.2) is 0 Å². The number of hydrogen-bond acceptors (Lipinski definition) is 11. The van der Waals surface area contributed by atoms with Crippen LogP contribution in [0.25, 0.3) is 11.0 Å². The molecule has 0 unspecified atom stereocenters. The molecule has 3 amide bonds. The number of aromatic nitrogens is 4. The number of hydrogen-bond donors (Lipinski definition) is 4. The Bertz CT molecular complexity index is 1920. The van der Waals surface area contributed by atoms with Gasteiger partial charge in [0.1, 0.15) is 22.6 Å². The third kappa shape index (κ3) is 6.90. The quantitative estimate of drug-likeness (QED) is 0.0925. The molecule has 48 heavy (non-hydrogen) atoms. The second kappa shape index (κ2) is 14.2. The number of carbonyl (C=O) groups excluding carboxylic acids is 3. The molecule has 5 rings (SSSR count). The van der Waals surface area contributed by atoms with Gasteiger partial charge in [0, 0.05) is 49.9 Å². The van der Waals surface area contributed by atoms with Crippen LogP contribution in [-0.2, 0) is 17.8 Å². The molecule has 0 radical (unpaired) electrons. The summed E-state index contributed by atoms with van der Waals surface area (Å²) in [7, 11) is 1.44. The molecular formula is C31H36N10O7. The number of methoxy groups -OCH3 is 1. The number of allylic oxidation sites excluding steroid dienone is 1. The molecule has 4 aromatic rings. The molecule has 17 nitrogen and oxygen atoms in total. The van der Waals surface area contributed by atoms with Gasteiger partial charge in [-0.05, 0) is 38.1 Å². The minimum absolute atomic E-state index is 0.0245. The summed E-state index contributed by atoms with van der Waals surface area (Å²) < 4.78 is 14.3. The number of fused-ring (bicyclic) bond motifs is 1. The van der Waals surface area contributed by atoms with Crippen LogP contribution in [0.4, 0.5) is 23.0 Å². The van der Waals surface area contributed by atoms with Crippen molar-refractivity contribution in [3.8, 4) is 5.75 Å². The maximum atomic E-state index is 13.4. The number of benzene rings is 2. The number of rotatable bonds is 13. The maximum absolute atomic E-state index is 13.4. The van der Waals surface area contributed by atoms with Crippen molar-refractivity contribution >= 4 is 51.8 Å². The summed E-state index contributed by atoms with van der Waals surface area (Å²) in [4.78, 5) is 55.3. The molecule has 17 heteroatoms. The predicted octanol–water partition coefficient (Wildman–Crippen LogP) is 2.43. The van der Waals surface area contributed by atoms with E-state index >= 15 is 0 Å². The number of ether oxygens (including phenoxy) is 2. The molecule has 1 aliphatic heterocycles. The normalized spacial score (nSPS) is 13.2. The Morgan fingerprint density at radius 2 is 1.79 bits per heavy atom. The number of imidazole rings is 1. The Morgan fingerprint density at radius 3 is 2.44 bits per heavy atom. The van der Waals surface area contributed by atoms with Crippen LogP contribution in [0.5, 0.6) is 5.75 Å². The fourth-order valence-electron chi connectivity index (χ4n) is 5.49. The van der Waals surface area contributed by atoms with Gasteiger partial charge in [-0.15, -0.1) is 0 Å². The first-order chi connectivity index (χ1) is 23.0. The van der Waals surface area contributed by atoms with Crippen LogP contribution < -0.4 is 31.7 Å². The van der Waals surface area contributed by atoms with E-state index in [2.05, 4.69) is 20.7 Å². The first-order valence-corrected chi connectivity index (χ1v) is 15.1. The second-order valence-electron chi connectivity index (χ2n) is 10.9. The molecule has 6 N–H and O–H groups in total. The van der Waals surface area contributed by atoms with Crippen LogP contribution in [0.2, 0.25) is 0 Å². The fourth-order valence-corrected chi connectivity index (χ4v) is 5.49. The summed E-state index contributed by atoms with van der Waals surface area (Å²) in [6.45, 7) is 6.30. The van der Waals surface area contributed by atoms with Gasteiger partial charge >= 0.3 is 0 Å². The first kappa shape index (κ1) is 33.4. The Kier molecular flexibility index (Phi) is 9.88. The number of nitrogens with one attached hydrogen (secondary N) is 2. The highest BCUT2D eigenvalue weighted by molar-refractivity contribution is 6.04. The summed E-state index contributed by atoms with van der Waals surface area (Å²) in [6, 6.07) is 7.38. The van der Waals surface area contributed by atoms with Gasteiger partial charge in [-0.3, -0.25) is 34.5 Å². The average Bonchev–Trinajstić information content (AvgIpc) is 3.63. The van der Waals surface area contributed by atoms with Crippen molar-refractivity contribution in [3.63, 3.8) is 0 Å². The molecular weight excluding hydrogens is 624 g/mol. The number of carbonyl (C=O) groups is 3. The van der Waals surface area contributed by atoms with E-state index in [4.69, 9.17) is 20.9 Å². The fraction of sp³-hybridized carbons (Fsp3) is 0.323. The van der Waals surface area contributed by atoms with Gasteiger partial charge in [-0.2, -0.15) is 5.10 Å². The summed E-state index contributed by atoms with van der Waals surface area (Å²) in [5.41, 5.74) is 13.5. The lowest BCUT2D eigenvalue weighted by atomic mass is 10.1. The van der Waals surface area contributed by atoms with Gasteiger partial charge in [-0.25, -0.2) is 4.98 Å². The lowest BCUT2D eigenvalue weighted by Crippen LogP contribution is -2.37. The molecule has 1 fully saturated rings. The molecule has 0 saturated carbocycles. The Hall–Kier alpha value is -5.97. The van der Waals surface area contributed by atoms with Crippen molar-refractivity contribution in [2.75, 3.05) is 55.5 Å². The monoisotopic (exact) mass is 660 g/mol. The molecule has 252 valence electrons. The number of nitrogens with zero attached hydrogens (tertiary/aromatic N) is 6. The van der Waals surface area contributed by atoms with Crippen LogP contribution in [-0.4, -0.2) is 81.9 Å². The molecule has 2 aromatic heterocycles. The van der Waals surface area contributed by atoms with Gasteiger partial charge in [-0.1, -0.05) is 12.2 Å². The number of primary amides is 2. The van der Waals surface area contributed by atoms with Crippen molar-refractivity contribution in [1.82, 2.24) is 19.3 Å². The van der Waals surface area contributed by atoms with E-state index in [0.29, 0.717) is 66.7 Å². The maximum Gasteiger partial charge on any atom is 0.295 e. The van der Waals surface area contributed by atoms with Crippen LogP contribution >= 0.6 is 0 Å². The smallest absolute Gasteiger partial charge is 0.295 e. The number of nitrogens with two attached hydrogens (primary N) is 2. The number of anilines is 3. The minimum Gasteiger partial charge on any atom is -0.494 e. The van der Waals surface area contributed by atoms with E-state index in [9.17, 15) is 24.5 Å². The first-order valence-electron chi connectivity index (χ1n) is 15.1. The summed E-state index contributed by atoms with van der Waals surface area (Å²) in [5, 5.41) is 22.4. The molecule has 3 heterocycles. The van der Waals surface area contributed by atoms with Crippen LogP contribution in [0, 0.1) is 17.0 Å². The van der Waals surface area contributed by atoms with Crippen molar-refractivity contribution in [2.24, 2.45) is 11.5 Å². The lowest BCUT2D eigenvalue weighted by molar-refractivity contribution is -0.383. The van der Waals surface area contributed by atoms with Crippen molar-refractivity contribution in [1.29, 1.82) is 0 Å². The highest BCUT2D eigenvalue weighted by Gasteiger charge is 2.26. The minimum atomic E-state index is -0.776. The van der Waals surface area contributed by atoms with Crippen LogP contribution in [0.15, 0.2) is 42.5 Å². The molecule has 1 saturated heterocycles. The highest BCUT2D eigenvalue weighted by atomic mass is 16.6. The number of morpholine rings is 1. The molecule has 2 aromatic carbocycles. The topological polar surface area (TPSA) is 228 Å². The highest BCUT2D eigenvalue weighted by Crippen LogP contribution is 2.37. The van der Waals surface area contributed by atoms with E-state index in [1.807, 2.05) is 11.8 Å². The Labute approximate surface area is 274 Å². The van der Waals surface area contributed by atoms with Crippen LogP contribution in [0.1, 0.15) is 43.8 Å². The van der Waals surface area contributed by atoms with Gasteiger partial charge in [0.2, 0.25) is 17.8 Å². The largest absolute Gasteiger partial charge is 0.494 e. The van der Waals surface area contributed by atoms with Crippen molar-refractivity contribution in [2.45, 2.75) is 26.9 Å². The van der Waals surface area contributed by atoms with E-state index in [1.165, 1.54) is 25.3 Å². The summed E-state index contributed by atoms with van der Waals surface area (Å²) >= 11 is 0. The van der Waals surface area contributed by atoms with E-state index in [0.717, 1.165) is 6.07 Å². The van der Waals surface area contributed by atoms with Gasteiger partial charge in [0.05, 0.1) is 42.1 Å². The average molecular weight is 661 g/mol. The van der Waals surface area contributed by atoms with Gasteiger partial charge in [0.25, 0.3) is 11.6 Å². The van der Waals surface area contributed by atoms with E-state index < -0.39 is 22.6 Å². The summed E-state index contributed by atoms with van der Waals surface area (Å²) in [6.07, 6.45) is 3.54.